The lowest BCUT2D eigenvalue weighted by Gasteiger charge is -2.27. The fraction of sp³-hybridized carbons (Fsp3) is 0.714. The third-order valence-corrected chi connectivity index (χ3v) is 3.52. The number of methoxy groups -OCH3 is 1. The van der Waals surface area contributed by atoms with E-state index in [9.17, 15) is 0 Å². The van der Waals surface area contributed by atoms with Crippen molar-refractivity contribution in [1.82, 2.24) is 15.3 Å². The number of anilines is 2. The van der Waals surface area contributed by atoms with Crippen molar-refractivity contribution in [2.75, 3.05) is 57.2 Å². The molecule has 2 heterocycles. The highest BCUT2D eigenvalue weighted by atomic mass is 16.5. The van der Waals surface area contributed by atoms with Crippen LogP contribution in [0.25, 0.3) is 0 Å². The first-order chi connectivity index (χ1) is 9.70. The van der Waals surface area contributed by atoms with Crippen LogP contribution in [-0.4, -0.2) is 63.5 Å². The van der Waals surface area contributed by atoms with Gasteiger partial charge in [-0.1, -0.05) is 0 Å². The molecule has 1 aromatic heterocycles. The summed E-state index contributed by atoms with van der Waals surface area (Å²) >= 11 is 0. The number of nitrogens with one attached hydrogen (secondary N) is 1. The highest BCUT2D eigenvalue weighted by Gasteiger charge is 2.19. The van der Waals surface area contributed by atoms with Gasteiger partial charge in [0, 0.05) is 46.5 Å². The predicted molar refractivity (Wildman–Crippen MR) is 81.5 cm³/mol. The van der Waals surface area contributed by atoms with Crippen LogP contribution >= 0.6 is 0 Å². The van der Waals surface area contributed by atoms with E-state index in [1.807, 2.05) is 31.3 Å². The van der Waals surface area contributed by atoms with Crippen LogP contribution in [0.1, 0.15) is 12.8 Å². The zero-order valence-corrected chi connectivity index (χ0v) is 12.7. The van der Waals surface area contributed by atoms with Crippen molar-refractivity contribution in [3.05, 3.63) is 12.3 Å². The summed E-state index contributed by atoms with van der Waals surface area (Å²) in [4.78, 5) is 13.1. The number of rotatable bonds is 7. The van der Waals surface area contributed by atoms with E-state index in [-0.39, 0.29) is 0 Å². The number of nitrogens with zero attached hydrogens (tertiary/aromatic N) is 4. The maximum absolute atomic E-state index is 5.22. The third kappa shape index (κ3) is 4.05. The van der Waals surface area contributed by atoms with Crippen molar-refractivity contribution in [2.24, 2.45) is 0 Å². The van der Waals surface area contributed by atoms with Crippen LogP contribution in [0, 0.1) is 0 Å². The van der Waals surface area contributed by atoms with Gasteiger partial charge in [-0.15, -0.1) is 0 Å². The molecule has 6 nitrogen and oxygen atoms in total. The largest absolute Gasteiger partial charge is 0.383 e. The summed E-state index contributed by atoms with van der Waals surface area (Å²) in [6.45, 7) is 3.63. The number of ether oxygens (including phenoxy) is 1. The van der Waals surface area contributed by atoms with Crippen molar-refractivity contribution < 1.29 is 4.74 Å². The smallest absolute Gasteiger partial charge is 0.226 e. The highest BCUT2D eigenvalue weighted by molar-refractivity contribution is 5.43. The zero-order valence-electron chi connectivity index (χ0n) is 12.7. The van der Waals surface area contributed by atoms with Crippen LogP contribution in [0.5, 0.6) is 0 Å². The van der Waals surface area contributed by atoms with Crippen LogP contribution in [0.3, 0.4) is 0 Å². The van der Waals surface area contributed by atoms with Gasteiger partial charge in [0.2, 0.25) is 5.95 Å². The molecule has 0 bridgehead atoms. The first kappa shape index (κ1) is 15.0. The first-order valence-electron chi connectivity index (χ1n) is 7.18. The molecule has 1 N–H and O–H groups in total. The molecule has 1 aliphatic heterocycles. The molecule has 1 unspecified atom stereocenters. The Labute approximate surface area is 121 Å². The summed E-state index contributed by atoms with van der Waals surface area (Å²) in [6.07, 6.45) is 4.31. The average Bonchev–Trinajstić information content (AvgIpc) is 2.96. The van der Waals surface area contributed by atoms with Gasteiger partial charge in [0.05, 0.1) is 6.61 Å². The second kappa shape index (κ2) is 7.40. The van der Waals surface area contributed by atoms with E-state index in [0.29, 0.717) is 12.6 Å². The number of hydrogen-bond acceptors (Lipinski definition) is 6. The predicted octanol–water partition coefficient (Wildman–Crippen LogP) is 0.747. The Bertz CT molecular complexity index is 406. The average molecular weight is 279 g/mol. The Morgan fingerprint density at radius 3 is 2.95 bits per heavy atom. The molecule has 0 aliphatic carbocycles. The first-order valence-corrected chi connectivity index (χ1v) is 7.18. The lowest BCUT2D eigenvalue weighted by molar-refractivity contribution is 0.204. The Balaban J connectivity index is 2.09. The summed E-state index contributed by atoms with van der Waals surface area (Å²) in [5.74, 6) is 1.71. The van der Waals surface area contributed by atoms with Gasteiger partial charge in [0.15, 0.2) is 0 Å². The normalized spacial score (nSPS) is 18.2. The summed E-state index contributed by atoms with van der Waals surface area (Å²) in [5, 5.41) is 3.53. The Morgan fingerprint density at radius 1 is 1.45 bits per heavy atom. The van der Waals surface area contributed by atoms with Crippen LogP contribution in [0.2, 0.25) is 0 Å². The van der Waals surface area contributed by atoms with E-state index in [4.69, 9.17) is 4.74 Å². The Morgan fingerprint density at radius 2 is 2.30 bits per heavy atom. The van der Waals surface area contributed by atoms with Gasteiger partial charge in [0.1, 0.15) is 5.82 Å². The molecule has 1 aromatic rings. The fourth-order valence-corrected chi connectivity index (χ4v) is 2.41. The van der Waals surface area contributed by atoms with E-state index >= 15 is 0 Å². The van der Waals surface area contributed by atoms with E-state index in [2.05, 4.69) is 20.2 Å². The van der Waals surface area contributed by atoms with Crippen molar-refractivity contribution in [3.63, 3.8) is 0 Å². The zero-order chi connectivity index (χ0) is 14.4. The Kier molecular flexibility index (Phi) is 5.55. The molecule has 1 fully saturated rings. The minimum atomic E-state index is 0.546. The van der Waals surface area contributed by atoms with Crippen LogP contribution in [0.4, 0.5) is 11.8 Å². The maximum atomic E-state index is 5.22. The molecule has 0 saturated carbocycles. The lowest BCUT2D eigenvalue weighted by atomic mass is 10.2. The summed E-state index contributed by atoms with van der Waals surface area (Å²) < 4.78 is 5.22. The van der Waals surface area contributed by atoms with Gasteiger partial charge < -0.3 is 19.9 Å². The molecular formula is C14H25N5O. The van der Waals surface area contributed by atoms with Crippen molar-refractivity contribution in [3.8, 4) is 0 Å². The van der Waals surface area contributed by atoms with E-state index in [1.165, 1.54) is 12.8 Å². The van der Waals surface area contributed by atoms with Gasteiger partial charge in [0.25, 0.3) is 0 Å². The second-order valence-electron chi connectivity index (χ2n) is 5.34. The van der Waals surface area contributed by atoms with Crippen LogP contribution < -0.4 is 15.1 Å². The van der Waals surface area contributed by atoms with Crippen LogP contribution in [-0.2, 0) is 4.74 Å². The molecule has 112 valence electrons. The molecule has 1 atom stereocenters. The SMILES string of the molecule is COCCN(CC1CCCN1)c1ccnc(N(C)C)n1. The van der Waals surface area contributed by atoms with Crippen molar-refractivity contribution >= 4 is 11.8 Å². The minimum absolute atomic E-state index is 0.546. The van der Waals surface area contributed by atoms with Gasteiger partial charge in [-0.25, -0.2) is 4.98 Å². The molecular weight excluding hydrogens is 254 g/mol. The van der Waals surface area contributed by atoms with Gasteiger partial charge in [-0.2, -0.15) is 4.98 Å². The molecule has 20 heavy (non-hydrogen) atoms. The topological polar surface area (TPSA) is 53.5 Å². The second-order valence-corrected chi connectivity index (χ2v) is 5.34. The minimum Gasteiger partial charge on any atom is -0.383 e. The molecule has 0 spiro atoms. The van der Waals surface area contributed by atoms with E-state index in [1.54, 1.807) is 7.11 Å². The lowest BCUT2D eigenvalue weighted by Crippen LogP contribution is -2.39. The summed E-state index contributed by atoms with van der Waals surface area (Å²) in [7, 11) is 5.64. The number of hydrogen-bond donors (Lipinski definition) is 1. The molecule has 0 amide bonds. The van der Waals surface area contributed by atoms with Crippen molar-refractivity contribution in [1.29, 1.82) is 0 Å². The summed E-state index contributed by atoms with van der Waals surface area (Å²) in [5.41, 5.74) is 0. The highest BCUT2D eigenvalue weighted by Crippen LogP contribution is 2.16. The Hall–Kier alpha value is -1.40. The molecule has 6 heteroatoms. The number of aromatic nitrogens is 2. The summed E-state index contributed by atoms with van der Waals surface area (Å²) in [6, 6.07) is 2.52. The fourth-order valence-electron chi connectivity index (χ4n) is 2.41. The third-order valence-electron chi connectivity index (χ3n) is 3.52. The van der Waals surface area contributed by atoms with E-state index in [0.717, 1.165) is 31.4 Å². The van der Waals surface area contributed by atoms with Crippen LogP contribution in [0.15, 0.2) is 12.3 Å². The maximum Gasteiger partial charge on any atom is 0.226 e. The molecule has 0 aromatic carbocycles. The van der Waals surface area contributed by atoms with Gasteiger partial charge >= 0.3 is 0 Å². The van der Waals surface area contributed by atoms with Gasteiger partial charge in [-0.3, -0.25) is 0 Å². The van der Waals surface area contributed by atoms with E-state index < -0.39 is 0 Å². The van der Waals surface area contributed by atoms with Gasteiger partial charge in [-0.05, 0) is 25.5 Å². The monoisotopic (exact) mass is 279 g/mol. The molecule has 1 aliphatic rings. The quantitative estimate of drug-likeness (QED) is 0.795. The standard InChI is InChI=1S/C14H25N5O/c1-18(2)14-16-8-6-13(17-14)19(9-10-20-3)11-12-5-4-7-15-12/h6,8,12,15H,4-5,7,9-11H2,1-3H3. The molecule has 0 radical (unpaired) electrons. The van der Waals surface area contributed by atoms with Crippen molar-refractivity contribution in [2.45, 2.75) is 18.9 Å². The molecule has 1 saturated heterocycles. The molecule has 2 rings (SSSR count).